The van der Waals surface area contributed by atoms with E-state index in [9.17, 15) is 62.6 Å². The highest BCUT2D eigenvalue weighted by Crippen LogP contribution is 2.34. The Morgan fingerprint density at radius 1 is 0.678 bits per heavy atom. The molecule has 2 aliphatic heterocycles. The molecule has 5 rings (SSSR count). The van der Waals surface area contributed by atoms with Gasteiger partial charge in [-0.15, -0.1) is 11.3 Å². The molecular formula is C85H132N10O19S. The fourth-order valence-corrected chi connectivity index (χ4v) is 14.4. The van der Waals surface area contributed by atoms with Gasteiger partial charge < -0.3 is 70.7 Å². The number of unbranched alkanes of at least 4 members (excludes halogenated alkanes) is 2. The molecule has 0 bridgehead atoms. The number of aromatic nitrogens is 1. The zero-order chi connectivity index (χ0) is 84.8. The van der Waals surface area contributed by atoms with E-state index in [0.717, 1.165) is 56.2 Å². The van der Waals surface area contributed by atoms with Crippen LogP contribution in [0.25, 0.3) is 0 Å². The van der Waals surface area contributed by atoms with Gasteiger partial charge in [0.1, 0.15) is 41.6 Å². The molecule has 0 saturated carbocycles. The third-order valence-corrected chi connectivity index (χ3v) is 21.5. The third-order valence-electron chi connectivity index (χ3n) is 20.5. The third kappa shape index (κ3) is 37.5. The molecule has 1 aromatic heterocycles. The Kier molecular flexibility index (Phi) is 47.4. The number of Topliss-reactive ketones (excluding diaryl/α,β-unsaturated/α-hetero) is 4. The molecule has 1 fully saturated rings. The van der Waals surface area contributed by atoms with Crippen molar-refractivity contribution in [3.63, 3.8) is 0 Å². The highest BCUT2D eigenvalue weighted by molar-refractivity contribution is 7.09. The van der Waals surface area contributed by atoms with Crippen molar-refractivity contribution >= 4 is 82.2 Å². The molecule has 0 unspecified atom stereocenters. The topological polar surface area (TPSA) is 389 Å². The SMILES string of the molecule is CCCO[C@H](C[C@H](C(C)C)N(CCC)C(=O)[C@@H](CC(=O)[C@H]1CCCCN1C)[C@@H](C)CC)c1nc(C(=O)N[C@@H](Cc2ccc(O)cc2)C[C@H](C)C(=O)CNC(=O)OCCOCC)cs1.CCOCCOCCNC(=O)OCc1ccc(CC(=O)[C@H](CCCNC(N)=O)NC(=O)[C@@H](CC(=O)CCCCCN2C(=O)C=CC2=O)C(C)C)cc1. The van der Waals surface area contributed by atoms with E-state index in [0.29, 0.717) is 108 Å². The molecule has 0 aliphatic carbocycles. The number of hydrogen-bond donors (Lipinski definition) is 7. The van der Waals surface area contributed by atoms with E-state index in [4.69, 9.17) is 39.1 Å². The molecule has 0 spiro atoms. The lowest BCUT2D eigenvalue weighted by Crippen LogP contribution is -2.50. The molecular weight excluding hydrogens is 1500 g/mol. The predicted octanol–water partition coefficient (Wildman–Crippen LogP) is 10.5. The summed E-state index contributed by atoms with van der Waals surface area (Å²) in [6.07, 6.45) is 10.1. The van der Waals surface area contributed by atoms with Gasteiger partial charge in [-0.3, -0.25) is 53.0 Å². The number of piperidine rings is 1. The Labute approximate surface area is 684 Å². The number of phenols is 1. The number of hydrogen-bond acceptors (Lipinski definition) is 22. The van der Waals surface area contributed by atoms with Crippen LogP contribution < -0.4 is 32.3 Å². The van der Waals surface area contributed by atoms with Crippen LogP contribution in [0.1, 0.15) is 217 Å². The number of likely N-dealkylation sites (N-methyl/N-ethyl adjacent to an activating group) is 1. The summed E-state index contributed by atoms with van der Waals surface area (Å²) in [6, 6.07) is 11.3. The number of phenolic OH excluding ortho intramolecular Hbond substituents is 1. The van der Waals surface area contributed by atoms with Crippen molar-refractivity contribution in [3.05, 3.63) is 93.5 Å². The maximum Gasteiger partial charge on any atom is 0.407 e. The Morgan fingerprint density at radius 3 is 1.97 bits per heavy atom. The van der Waals surface area contributed by atoms with Gasteiger partial charge in [-0.1, -0.05) is 118 Å². The van der Waals surface area contributed by atoms with Crippen molar-refractivity contribution in [1.82, 2.24) is 46.3 Å². The number of thiazole rings is 1. The molecule has 2 aromatic carbocycles. The number of ketones is 4. The van der Waals surface area contributed by atoms with Gasteiger partial charge in [-0.25, -0.2) is 19.4 Å². The number of carbonyl (C=O) groups is 12. The number of rotatable bonds is 56. The maximum atomic E-state index is 14.8. The van der Waals surface area contributed by atoms with Crippen molar-refractivity contribution in [2.45, 2.75) is 229 Å². The van der Waals surface area contributed by atoms with Gasteiger partial charge in [-0.05, 0) is 138 Å². The first-order valence-electron chi connectivity index (χ1n) is 41.3. The molecule has 29 nitrogen and oxygen atoms in total. The summed E-state index contributed by atoms with van der Waals surface area (Å²) in [4.78, 5) is 164. The van der Waals surface area contributed by atoms with Crippen LogP contribution in [-0.4, -0.2) is 219 Å². The summed E-state index contributed by atoms with van der Waals surface area (Å²) >= 11 is 1.34. The number of aromatic hydroxyl groups is 1. The molecule has 642 valence electrons. The Morgan fingerprint density at radius 2 is 1.34 bits per heavy atom. The summed E-state index contributed by atoms with van der Waals surface area (Å²) in [5.74, 6) is -3.39. The number of likely N-dealkylation sites (tertiary alicyclic amines) is 1. The lowest BCUT2D eigenvalue weighted by molar-refractivity contribution is -0.145. The number of primary amides is 1. The fourth-order valence-electron chi connectivity index (χ4n) is 13.6. The molecule has 3 aromatic rings. The first-order chi connectivity index (χ1) is 55.0. The summed E-state index contributed by atoms with van der Waals surface area (Å²) in [5, 5.41) is 25.8. The van der Waals surface area contributed by atoms with Crippen molar-refractivity contribution in [2.75, 3.05) is 99.2 Å². The smallest absolute Gasteiger partial charge is 0.407 e. The van der Waals surface area contributed by atoms with Gasteiger partial charge in [0.05, 0.1) is 45.1 Å². The van der Waals surface area contributed by atoms with E-state index >= 15 is 0 Å². The summed E-state index contributed by atoms with van der Waals surface area (Å²) in [7, 11) is 2.01. The number of benzene rings is 2. The summed E-state index contributed by atoms with van der Waals surface area (Å²) in [5.41, 5.74) is 7.66. The van der Waals surface area contributed by atoms with Crippen LogP contribution >= 0.6 is 11.3 Å². The molecule has 115 heavy (non-hydrogen) atoms. The molecule has 8 N–H and O–H groups in total. The van der Waals surface area contributed by atoms with Crippen LogP contribution in [0.2, 0.25) is 0 Å². The van der Waals surface area contributed by atoms with E-state index in [1.165, 1.54) is 28.4 Å². The Bertz CT molecular complexity index is 3500. The number of ether oxygens (including phenoxy) is 6. The molecule has 1 saturated heterocycles. The van der Waals surface area contributed by atoms with Gasteiger partial charge >= 0.3 is 18.2 Å². The average molecular weight is 1630 g/mol. The van der Waals surface area contributed by atoms with E-state index in [1.807, 2.05) is 46.6 Å². The zero-order valence-electron chi connectivity index (χ0n) is 70.1. The van der Waals surface area contributed by atoms with Crippen LogP contribution in [0.3, 0.4) is 0 Å². The second kappa shape index (κ2) is 55.1. The number of carbonyl (C=O) groups excluding carboxylic acids is 12. The van der Waals surface area contributed by atoms with Crippen molar-refractivity contribution in [3.8, 4) is 5.75 Å². The number of amides is 9. The van der Waals surface area contributed by atoms with Gasteiger partial charge in [-0.2, -0.15) is 0 Å². The molecule has 30 heteroatoms. The van der Waals surface area contributed by atoms with Gasteiger partial charge in [0.25, 0.3) is 17.7 Å². The number of nitrogens with zero attached hydrogens (tertiary/aromatic N) is 4. The number of urea groups is 1. The number of imide groups is 1. The lowest BCUT2D eigenvalue weighted by Gasteiger charge is -2.40. The number of alkyl carbamates (subject to hydrolysis) is 2. The van der Waals surface area contributed by atoms with Crippen LogP contribution in [0.4, 0.5) is 14.4 Å². The fraction of sp³-hybridized carbons (Fsp3) is 0.659. The monoisotopic (exact) mass is 1630 g/mol. The average Bonchev–Trinajstić information content (AvgIpc) is 1.79. The minimum atomic E-state index is -0.862. The van der Waals surface area contributed by atoms with Crippen LogP contribution in [0.15, 0.2) is 66.1 Å². The van der Waals surface area contributed by atoms with E-state index in [1.54, 1.807) is 60.8 Å². The van der Waals surface area contributed by atoms with Crippen molar-refractivity contribution in [2.24, 2.45) is 41.2 Å². The maximum absolute atomic E-state index is 14.8. The van der Waals surface area contributed by atoms with E-state index in [2.05, 4.69) is 66.1 Å². The second-order valence-corrected chi connectivity index (χ2v) is 31.2. The molecule has 2 aliphatic rings. The Hall–Kier alpha value is -8.55. The normalized spacial score (nSPS) is 15.6. The minimum absolute atomic E-state index is 0.0183. The Balaban J connectivity index is 0.000000494. The number of nitrogens with one attached hydrogen (secondary N) is 5. The highest BCUT2D eigenvalue weighted by Gasteiger charge is 2.39. The molecule has 9 amide bonds. The second-order valence-electron chi connectivity index (χ2n) is 30.3. The first kappa shape index (κ1) is 98.8. The van der Waals surface area contributed by atoms with Gasteiger partial charge in [0.15, 0.2) is 17.3 Å². The molecule has 0 radical (unpaired) electrons. The van der Waals surface area contributed by atoms with Crippen molar-refractivity contribution in [1.29, 1.82) is 0 Å². The van der Waals surface area contributed by atoms with Crippen molar-refractivity contribution < 1.29 is 91.1 Å². The number of nitrogens with two attached hydrogens (primary N) is 1. The van der Waals surface area contributed by atoms with Gasteiger partial charge in [0, 0.05) is 125 Å². The van der Waals surface area contributed by atoms with E-state index < -0.39 is 66.0 Å². The van der Waals surface area contributed by atoms with E-state index in [-0.39, 0.29) is 154 Å². The van der Waals surface area contributed by atoms with Crippen LogP contribution in [-0.2, 0) is 86.2 Å². The highest BCUT2D eigenvalue weighted by atomic mass is 32.1. The summed E-state index contributed by atoms with van der Waals surface area (Å²) < 4.78 is 32.5. The minimum Gasteiger partial charge on any atom is -0.508 e. The molecule has 9 atom stereocenters. The molecule has 3 heterocycles. The standard InChI is InChI=1S/C48H77N5O9S.C37H55N5O10/c1-10-21-53(47(58)38(33(7)12-3)28-42(55)40-16-14-15-22-52(40)9)41(32(5)6)29-44(61-23-11-2)46-51-39(31-63-46)45(57)50-36(27-35-17-19-37(54)20-18-35)26-34(8)43(56)30-49-48(59)62-25-24-60-13-4;1-4-50-21-22-51-20-18-40-37(49)52-25-28-13-11-27(12-14-28)23-32(44)31(10-8-17-39-36(38)48)41-35(47)30(26(2)3)24-29(43)9-6-5-7-19-42-33(45)15-16-34(42)46/h17-20,31-34,36,38,40-41,44,54H,10-16,21-30H2,1-9H3,(H,49,59)(H,50,57);11-16,26,30-31H,4-10,17-25H2,1-3H3,(H,40,49)(H,41,47)(H3,38,39,48)/t33-,34-,36+,38-,40+,41+,44+;30-,31-/m00/s1. The summed E-state index contributed by atoms with van der Waals surface area (Å²) in [6.45, 7) is 26.9. The largest absolute Gasteiger partial charge is 0.508 e. The first-order valence-corrected chi connectivity index (χ1v) is 42.2. The lowest BCUT2D eigenvalue weighted by atomic mass is 9.82. The van der Waals surface area contributed by atoms with Crippen LogP contribution in [0.5, 0.6) is 5.75 Å². The van der Waals surface area contributed by atoms with Gasteiger partial charge in [0.2, 0.25) is 11.8 Å². The zero-order valence-corrected chi connectivity index (χ0v) is 70.9. The predicted molar refractivity (Wildman–Crippen MR) is 439 cm³/mol. The van der Waals surface area contributed by atoms with Crippen LogP contribution in [0, 0.1) is 35.5 Å². The quantitative estimate of drug-likeness (QED) is 0.0204.